The molecule has 0 saturated heterocycles. The molecule has 0 aromatic carbocycles. The van der Waals surface area contributed by atoms with Crippen molar-refractivity contribution >= 4 is 0 Å². The molecular formula is C13H24O. The van der Waals surface area contributed by atoms with Crippen LogP contribution in [0.3, 0.4) is 0 Å². The maximum Gasteiger partial charge on any atom is 0.0568 e. The van der Waals surface area contributed by atoms with E-state index in [-0.39, 0.29) is 6.10 Å². The topological polar surface area (TPSA) is 20.2 Å². The highest BCUT2D eigenvalue weighted by Crippen LogP contribution is 2.37. The molecule has 0 bridgehead atoms. The van der Waals surface area contributed by atoms with Crippen molar-refractivity contribution in [3.8, 4) is 0 Å². The van der Waals surface area contributed by atoms with Gasteiger partial charge in [-0.2, -0.15) is 0 Å². The number of hydrogen-bond donors (Lipinski definition) is 1. The van der Waals surface area contributed by atoms with Gasteiger partial charge in [-0.3, -0.25) is 0 Å². The van der Waals surface area contributed by atoms with Gasteiger partial charge in [0.2, 0.25) is 0 Å². The van der Waals surface area contributed by atoms with Gasteiger partial charge in [0.1, 0.15) is 0 Å². The first-order chi connectivity index (χ1) is 6.75. The normalized spacial score (nSPS) is 44.1. The van der Waals surface area contributed by atoms with Crippen LogP contribution >= 0.6 is 0 Å². The minimum absolute atomic E-state index is 0.0364. The molecule has 0 heterocycles. The van der Waals surface area contributed by atoms with Crippen LogP contribution in [-0.2, 0) is 0 Å². The van der Waals surface area contributed by atoms with Crippen LogP contribution in [0.4, 0.5) is 0 Å². The van der Waals surface area contributed by atoms with Gasteiger partial charge in [0.05, 0.1) is 6.10 Å². The maximum absolute atomic E-state index is 9.77. The third kappa shape index (κ3) is 2.50. The van der Waals surface area contributed by atoms with Gasteiger partial charge in [0, 0.05) is 0 Å². The van der Waals surface area contributed by atoms with Crippen molar-refractivity contribution in [2.75, 3.05) is 0 Å². The smallest absolute Gasteiger partial charge is 0.0568 e. The highest BCUT2D eigenvalue weighted by molar-refractivity contribution is 4.80. The summed E-state index contributed by atoms with van der Waals surface area (Å²) in [6.45, 7) is 2.38. The van der Waals surface area contributed by atoms with Crippen molar-refractivity contribution in [3.05, 3.63) is 0 Å². The van der Waals surface area contributed by atoms with E-state index in [1.807, 2.05) is 0 Å². The third-order valence-electron chi connectivity index (χ3n) is 4.39. The summed E-state index contributed by atoms with van der Waals surface area (Å²) in [4.78, 5) is 0. The molecule has 2 saturated carbocycles. The van der Waals surface area contributed by atoms with Gasteiger partial charge < -0.3 is 5.11 Å². The Morgan fingerprint density at radius 2 is 1.71 bits per heavy atom. The molecular weight excluding hydrogens is 172 g/mol. The Hall–Kier alpha value is -0.0400. The molecule has 2 fully saturated rings. The van der Waals surface area contributed by atoms with Gasteiger partial charge in [-0.25, -0.2) is 0 Å². The van der Waals surface area contributed by atoms with E-state index in [2.05, 4.69) is 6.92 Å². The van der Waals surface area contributed by atoms with E-state index < -0.39 is 0 Å². The van der Waals surface area contributed by atoms with Crippen molar-refractivity contribution in [1.82, 2.24) is 0 Å². The van der Waals surface area contributed by atoms with Crippen LogP contribution < -0.4 is 0 Å². The average molecular weight is 196 g/mol. The van der Waals surface area contributed by atoms with Crippen molar-refractivity contribution in [3.63, 3.8) is 0 Å². The standard InChI is InChI=1S/C13H24O/c1-10-5-7-11(8-6-10)9-12-3-2-4-13(12)14/h10-14H,2-9H2,1H3. The first kappa shape index (κ1) is 10.5. The summed E-state index contributed by atoms with van der Waals surface area (Å²) in [6, 6.07) is 0. The Bertz CT molecular complexity index is 170. The van der Waals surface area contributed by atoms with Gasteiger partial charge in [-0.15, -0.1) is 0 Å². The fraction of sp³-hybridized carbons (Fsp3) is 1.00. The van der Waals surface area contributed by atoms with Crippen molar-refractivity contribution in [2.45, 2.75) is 64.4 Å². The zero-order chi connectivity index (χ0) is 9.97. The summed E-state index contributed by atoms with van der Waals surface area (Å²) in [5, 5.41) is 9.77. The second-order valence-corrected chi connectivity index (χ2v) is 5.62. The number of aliphatic hydroxyl groups is 1. The monoisotopic (exact) mass is 196 g/mol. The molecule has 2 unspecified atom stereocenters. The van der Waals surface area contributed by atoms with Gasteiger partial charge in [0.25, 0.3) is 0 Å². The molecule has 2 aliphatic rings. The first-order valence-corrected chi connectivity index (χ1v) is 6.43. The molecule has 0 spiro atoms. The largest absolute Gasteiger partial charge is 0.393 e. The fourth-order valence-electron chi connectivity index (χ4n) is 3.29. The van der Waals surface area contributed by atoms with E-state index in [4.69, 9.17) is 0 Å². The van der Waals surface area contributed by atoms with Crippen LogP contribution in [0.25, 0.3) is 0 Å². The van der Waals surface area contributed by atoms with Gasteiger partial charge in [-0.1, -0.05) is 39.0 Å². The molecule has 1 heteroatoms. The molecule has 82 valence electrons. The molecule has 0 aliphatic heterocycles. The Kier molecular flexibility index (Phi) is 3.48. The maximum atomic E-state index is 9.77. The Balaban J connectivity index is 1.74. The van der Waals surface area contributed by atoms with E-state index in [0.717, 1.165) is 18.3 Å². The van der Waals surface area contributed by atoms with E-state index >= 15 is 0 Å². The summed E-state index contributed by atoms with van der Waals surface area (Å²) in [5.41, 5.74) is 0. The summed E-state index contributed by atoms with van der Waals surface area (Å²) >= 11 is 0. The summed E-state index contributed by atoms with van der Waals surface area (Å²) < 4.78 is 0. The summed E-state index contributed by atoms with van der Waals surface area (Å²) in [6.07, 6.45) is 10.6. The van der Waals surface area contributed by atoms with E-state index in [9.17, 15) is 5.11 Å². The van der Waals surface area contributed by atoms with E-state index in [1.54, 1.807) is 0 Å². The zero-order valence-electron chi connectivity index (χ0n) is 9.41. The van der Waals surface area contributed by atoms with E-state index in [1.165, 1.54) is 44.9 Å². The SMILES string of the molecule is CC1CCC(CC2CCCC2O)CC1. The van der Waals surface area contributed by atoms with Gasteiger partial charge >= 0.3 is 0 Å². The molecule has 0 radical (unpaired) electrons. The third-order valence-corrected chi connectivity index (χ3v) is 4.39. The average Bonchev–Trinajstić information content (AvgIpc) is 2.56. The predicted octanol–water partition coefficient (Wildman–Crippen LogP) is 3.36. The lowest BCUT2D eigenvalue weighted by Crippen LogP contribution is -2.20. The fourth-order valence-corrected chi connectivity index (χ4v) is 3.29. The van der Waals surface area contributed by atoms with E-state index in [0.29, 0.717) is 5.92 Å². The minimum Gasteiger partial charge on any atom is -0.393 e. The number of hydrogen-bond acceptors (Lipinski definition) is 1. The van der Waals surface area contributed by atoms with Crippen LogP contribution in [0, 0.1) is 17.8 Å². The second-order valence-electron chi connectivity index (χ2n) is 5.62. The van der Waals surface area contributed by atoms with Crippen molar-refractivity contribution < 1.29 is 5.11 Å². The summed E-state index contributed by atoms with van der Waals surface area (Å²) in [7, 11) is 0. The predicted molar refractivity (Wildman–Crippen MR) is 59.1 cm³/mol. The molecule has 1 nitrogen and oxygen atoms in total. The second kappa shape index (κ2) is 4.65. The zero-order valence-corrected chi connectivity index (χ0v) is 9.41. The molecule has 0 aromatic rings. The van der Waals surface area contributed by atoms with Crippen LogP contribution in [-0.4, -0.2) is 11.2 Å². The molecule has 0 amide bonds. The molecule has 2 aliphatic carbocycles. The Labute approximate surface area is 87.9 Å². The Morgan fingerprint density at radius 1 is 1.00 bits per heavy atom. The molecule has 0 aromatic heterocycles. The quantitative estimate of drug-likeness (QED) is 0.718. The first-order valence-electron chi connectivity index (χ1n) is 6.43. The Morgan fingerprint density at radius 3 is 2.29 bits per heavy atom. The molecule has 14 heavy (non-hydrogen) atoms. The summed E-state index contributed by atoms with van der Waals surface area (Å²) in [5.74, 6) is 2.54. The molecule has 2 atom stereocenters. The van der Waals surface area contributed by atoms with Crippen LogP contribution in [0.5, 0.6) is 0 Å². The lowest BCUT2D eigenvalue weighted by molar-refractivity contribution is 0.108. The molecule has 2 rings (SSSR count). The number of rotatable bonds is 2. The highest BCUT2D eigenvalue weighted by atomic mass is 16.3. The lowest BCUT2D eigenvalue weighted by atomic mass is 9.78. The van der Waals surface area contributed by atoms with Gasteiger partial charge in [-0.05, 0) is 37.0 Å². The highest BCUT2D eigenvalue weighted by Gasteiger charge is 2.29. The minimum atomic E-state index is 0.0364. The molecule has 1 N–H and O–H groups in total. The lowest BCUT2D eigenvalue weighted by Gasteiger charge is -2.29. The van der Waals surface area contributed by atoms with Crippen LogP contribution in [0.1, 0.15) is 58.3 Å². The van der Waals surface area contributed by atoms with Crippen molar-refractivity contribution in [1.29, 1.82) is 0 Å². The van der Waals surface area contributed by atoms with Gasteiger partial charge in [0.15, 0.2) is 0 Å². The number of aliphatic hydroxyl groups excluding tert-OH is 1. The van der Waals surface area contributed by atoms with Crippen molar-refractivity contribution in [2.24, 2.45) is 17.8 Å². The van der Waals surface area contributed by atoms with Crippen LogP contribution in [0.2, 0.25) is 0 Å². The van der Waals surface area contributed by atoms with Crippen LogP contribution in [0.15, 0.2) is 0 Å².